The zero-order valence-electron chi connectivity index (χ0n) is 13.2. The van der Waals surface area contributed by atoms with E-state index in [-0.39, 0.29) is 6.04 Å². The van der Waals surface area contributed by atoms with Crippen LogP contribution in [0.2, 0.25) is 0 Å². The van der Waals surface area contributed by atoms with Gasteiger partial charge in [0, 0.05) is 25.4 Å². The van der Waals surface area contributed by atoms with Gasteiger partial charge in [-0.05, 0) is 24.7 Å². The number of aryl methyl sites for hydroxylation is 1. The van der Waals surface area contributed by atoms with Crippen molar-refractivity contribution in [1.29, 1.82) is 0 Å². The Labute approximate surface area is 116 Å². The van der Waals surface area contributed by atoms with Crippen LogP contribution in [0.15, 0.2) is 6.20 Å². The molecule has 108 valence electrons. The topological polar surface area (TPSA) is 39.1 Å². The van der Waals surface area contributed by atoms with Crippen molar-refractivity contribution >= 4 is 5.95 Å². The lowest BCUT2D eigenvalue weighted by molar-refractivity contribution is 0.190. The van der Waals surface area contributed by atoms with Crippen molar-refractivity contribution in [3.8, 4) is 0 Å². The Bertz CT molecular complexity index is 448. The van der Waals surface area contributed by atoms with Crippen molar-refractivity contribution in [2.24, 2.45) is 10.8 Å². The van der Waals surface area contributed by atoms with Crippen LogP contribution in [-0.4, -0.2) is 29.3 Å². The molecule has 0 saturated heterocycles. The number of aromatic nitrogens is 2. The summed E-state index contributed by atoms with van der Waals surface area (Å²) in [6.07, 6.45) is 2.16. The smallest absolute Gasteiger partial charge is 0.203 e. The van der Waals surface area contributed by atoms with E-state index in [1.807, 2.05) is 6.92 Å². The summed E-state index contributed by atoms with van der Waals surface area (Å²) in [7, 11) is 1.73. The Morgan fingerprint density at radius 3 is 2.42 bits per heavy atom. The van der Waals surface area contributed by atoms with Crippen molar-refractivity contribution in [2.75, 3.05) is 19.0 Å². The molecule has 1 unspecified atom stereocenters. The molecule has 0 bridgehead atoms. The molecular formula is C15H27N3O. The summed E-state index contributed by atoms with van der Waals surface area (Å²) in [6.45, 7) is 14.2. The van der Waals surface area contributed by atoms with Gasteiger partial charge in [-0.1, -0.05) is 27.7 Å². The van der Waals surface area contributed by atoms with Crippen LogP contribution in [0.3, 0.4) is 0 Å². The predicted molar refractivity (Wildman–Crippen MR) is 78.5 cm³/mol. The van der Waals surface area contributed by atoms with Gasteiger partial charge in [0.25, 0.3) is 0 Å². The first-order valence-electron chi connectivity index (χ1n) is 7.02. The van der Waals surface area contributed by atoms with Gasteiger partial charge in [0.2, 0.25) is 5.95 Å². The van der Waals surface area contributed by atoms with Crippen LogP contribution in [-0.2, 0) is 4.74 Å². The summed E-state index contributed by atoms with van der Waals surface area (Å²) in [5, 5.41) is 3.46. The van der Waals surface area contributed by atoms with Gasteiger partial charge in [0.05, 0.1) is 12.3 Å². The third-order valence-electron chi connectivity index (χ3n) is 4.87. The minimum atomic E-state index is 0.260. The van der Waals surface area contributed by atoms with Crippen LogP contribution in [0, 0.1) is 17.8 Å². The lowest BCUT2D eigenvalue weighted by Gasteiger charge is -2.16. The molecule has 1 aromatic heterocycles. The number of ether oxygens (including phenoxy) is 1. The van der Waals surface area contributed by atoms with Crippen molar-refractivity contribution < 1.29 is 4.74 Å². The van der Waals surface area contributed by atoms with Gasteiger partial charge in [-0.25, -0.2) is 4.98 Å². The molecule has 1 N–H and O–H groups in total. The highest BCUT2D eigenvalue weighted by Crippen LogP contribution is 2.71. The predicted octanol–water partition coefficient (Wildman–Crippen LogP) is 3.25. The first-order chi connectivity index (χ1) is 8.71. The van der Waals surface area contributed by atoms with E-state index in [9.17, 15) is 0 Å². The second-order valence-electron chi connectivity index (χ2n) is 6.96. The van der Waals surface area contributed by atoms with Gasteiger partial charge in [-0.2, -0.15) is 0 Å². The number of imidazole rings is 1. The van der Waals surface area contributed by atoms with Crippen molar-refractivity contribution in [2.45, 2.75) is 53.6 Å². The average molecular weight is 265 g/mol. The van der Waals surface area contributed by atoms with Crippen LogP contribution >= 0.6 is 0 Å². The molecule has 19 heavy (non-hydrogen) atoms. The monoisotopic (exact) mass is 265 g/mol. The molecule has 4 nitrogen and oxygen atoms in total. The Kier molecular flexibility index (Phi) is 3.42. The maximum Gasteiger partial charge on any atom is 0.203 e. The highest BCUT2D eigenvalue weighted by molar-refractivity contribution is 5.35. The maximum absolute atomic E-state index is 5.18. The molecule has 0 spiro atoms. The molecule has 1 aliphatic carbocycles. The molecule has 4 heteroatoms. The van der Waals surface area contributed by atoms with E-state index < -0.39 is 0 Å². The standard InChI is InChI=1S/C15H27N3O/c1-10-8-18(12-14(3,4)15(12,5)6)13(16-10)17-11(2)9-19-7/h8,11-12H,9H2,1-7H3,(H,16,17). The van der Waals surface area contributed by atoms with Crippen LogP contribution in [0.4, 0.5) is 5.95 Å². The Balaban J connectivity index is 2.23. The van der Waals surface area contributed by atoms with Crippen LogP contribution < -0.4 is 5.32 Å². The van der Waals surface area contributed by atoms with Crippen molar-refractivity contribution in [3.63, 3.8) is 0 Å². The third kappa shape index (κ3) is 2.27. The number of hydrogen-bond acceptors (Lipinski definition) is 3. The van der Waals surface area contributed by atoms with Crippen LogP contribution in [0.5, 0.6) is 0 Å². The minimum absolute atomic E-state index is 0.260. The molecule has 0 radical (unpaired) electrons. The Hall–Kier alpha value is -1.03. The number of hydrogen-bond donors (Lipinski definition) is 1. The highest BCUT2D eigenvalue weighted by Gasteiger charge is 2.66. The zero-order chi connectivity index (χ0) is 14.4. The Morgan fingerprint density at radius 2 is 1.95 bits per heavy atom. The van der Waals surface area contributed by atoms with Gasteiger partial charge in [0.15, 0.2) is 0 Å². The highest BCUT2D eigenvalue weighted by atomic mass is 16.5. The van der Waals surface area contributed by atoms with Crippen LogP contribution in [0.1, 0.15) is 46.4 Å². The van der Waals surface area contributed by atoms with Crippen molar-refractivity contribution in [3.05, 3.63) is 11.9 Å². The second kappa shape index (κ2) is 4.51. The molecular weight excluding hydrogens is 238 g/mol. The van der Waals surface area contributed by atoms with Gasteiger partial charge >= 0.3 is 0 Å². The fourth-order valence-corrected chi connectivity index (χ4v) is 3.19. The zero-order valence-corrected chi connectivity index (χ0v) is 13.2. The minimum Gasteiger partial charge on any atom is -0.383 e. The van der Waals surface area contributed by atoms with Crippen molar-refractivity contribution in [1.82, 2.24) is 9.55 Å². The SMILES string of the molecule is COCC(C)Nc1nc(C)cn1C1C(C)(C)C1(C)C. The maximum atomic E-state index is 5.18. The number of nitrogens with zero attached hydrogens (tertiary/aromatic N) is 2. The fourth-order valence-electron chi connectivity index (χ4n) is 3.19. The van der Waals surface area contributed by atoms with Gasteiger partial charge < -0.3 is 14.6 Å². The molecule has 1 atom stereocenters. The first kappa shape index (κ1) is 14.4. The quantitative estimate of drug-likeness (QED) is 0.888. The molecule has 1 heterocycles. The van der Waals surface area contributed by atoms with E-state index in [2.05, 4.69) is 55.7 Å². The number of methoxy groups -OCH3 is 1. The molecule has 0 aliphatic heterocycles. The average Bonchev–Trinajstić information content (AvgIpc) is 2.53. The normalized spacial score (nSPS) is 22.3. The van der Waals surface area contributed by atoms with E-state index in [1.54, 1.807) is 7.11 Å². The largest absolute Gasteiger partial charge is 0.383 e. The summed E-state index contributed by atoms with van der Waals surface area (Å²) in [5.41, 5.74) is 1.67. The van der Waals surface area contributed by atoms with E-state index in [4.69, 9.17) is 4.74 Å². The summed E-state index contributed by atoms with van der Waals surface area (Å²) in [6, 6.07) is 0.758. The lowest BCUT2D eigenvalue weighted by atomic mass is 10.0. The summed E-state index contributed by atoms with van der Waals surface area (Å²) >= 11 is 0. The molecule has 0 aromatic carbocycles. The molecule has 1 aromatic rings. The van der Waals surface area contributed by atoms with Gasteiger partial charge in [-0.15, -0.1) is 0 Å². The molecule has 1 aliphatic rings. The number of rotatable bonds is 5. The van der Waals surface area contributed by atoms with E-state index in [1.165, 1.54) is 0 Å². The second-order valence-corrected chi connectivity index (χ2v) is 6.96. The fraction of sp³-hybridized carbons (Fsp3) is 0.800. The van der Waals surface area contributed by atoms with Crippen LogP contribution in [0.25, 0.3) is 0 Å². The van der Waals surface area contributed by atoms with E-state index >= 15 is 0 Å². The summed E-state index contributed by atoms with van der Waals surface area (Å²) in [5.74, 6) is 0.964. The van der Waals surface area contributed by atoms with Gasteiger partial charge in [0.1, 0.15) is 0 Å². The van der Waals surface area contributed by atoms with E-state index in [0.717, 1.165) is 11.6 Å². The first-order valence-corrected chi connectivity index (χ1v) is 7.02. The number of nitrogens with one attached hydrogen (secondary N) is 1. The van der Waals surface area contributed by atoms with Gasteiger partial charge in [-0.3, -0.25) is 0 Å². The summed E-state index contributed by atoms with van der Waals surface area (Å²) < 4.78 is 7.49. The summed E-state index contributed by atoms with van der Waals surface area (Å²) in [4.78, 5) is 4.62. The molecule has 1 fully saturated rings. The van der Waals surface area contributed by atoms with E-state index in [0.29, 0.717) is 23.5 Å². The molecule has 1 saturated carbocycles. The molecule has 2 rings (SSSR count). The molecule has 0 amide bonds. The Morgan fingerprint density at radius 1 is 1.37 bits per heavy atom. The lowest BCUT2D eigenvalue weighted by Crippen LogP contribution is -2.23. The third-order valence-corrected chi connectivity index (χ3v) is 4.87. The number of anilines is 1.